The molecule has 2 rings (SSSR count). The van der Waals surface area contributed by atoms with Crippen molar-refractivity contribution >= 4 is 17.9 Å². The van der Waals surface area contributed by atoms with Crippen molar-refractivity contribution in [2.75, 3.05) is 0 Å². The summed E-state index contributed by atoms with van der Waals surface area (Å²) in [4.78, 5) is 11.0. The number of halogens is 2. The summed E-state index contributed by atoms with van der Waals surface area (Å²) in [5.74, 6) is -0.284. The van der Waals surface area contributed by atoms with Gasteiger partial charge in [-0.05, 0) is 47.9 Å². The number of hydrogen-bond donors (Lipinski definition) is 0. The smallest absolute Gasteiger partial charge is 0.150 e. The lowest BCUT2D eigenvalue weighted by Gasteiger charge is -2.09. The fraction of sp³-hybridized carbons (Fsp3) is 0.0714. The highest BCUT2D eigenvalue weighted by molar-refractivity contribution is 6.31. The zero-order valence-electron chi connectivity index (χ0n) is 9.21. The molecule has 0 amide bonds. The summed E-state index contributed by atoms with van der Waals surface area (Å²) in [7, 11) is 0. The first-order chi connectivity index (χ1) is 8.11. The number of carbonyl (C=O) groups is 1. The Balaban J connectivity index is 2.63. The number of benzene rings is 2. The molecular formula is C14H10ClFO. The van der Waals surface area contributed by atoms with Crippen LogP contribution in [0, 0.1) is 12.7 Å². The average Bonchev–Trinajstić information content (AvgIpc) is 2.30. The molecule has 0 bridgehead atoms. The molecule has 0 unspecified atom stereocenters. The first kappa shape index (κ1) is 11.8. The van der Waals surface area contributed by atoms with Crippen molar-refractivity contribution < 1.29 is 9.18 Å². The van der Waals surface area contributed by atoms with Gasteiger partial charge in [0, 0.05) is 10.6 Å². The van der Waals surface area contributed by atoms with E-state index in [9.17, 15) is 9.18 Å². The van der Waals surface area contributed by atoms with Crippen LogP contribution in [0.2, 0.25) is 5.02 Å². The molecular weight excluding hydrogens is 239 g/mol. The van der Waals surface area contributed by atoms with Crippen LogP contribution in [0.25, 0.3) is 11.1 Å². The molecule has 2 aromatic carbocycles. The highest BCUT2D eigenvalue weighted by atomic mass is 35.5. The second-order valence-electron chi connectivity index (χ2n) is 3.81. The molecule has 0 saturated carbocycles. The maximum Gasteiger partial charge on any atom is 0.150 e. The Hall–Kier alpha value is -1.67. The third-order valence-electron chi connectivity index (χ3n) is 2.62. The fourth-order valence-corrected chi connectivity index (χ4v) is 1.99. The maximum atomic E-state index is 13.0. The van der Waals surface area contributed by atoms with Gasteiger partial charge in [0.15, 0.2) is 6.29 Å². The van der Waals surface area contributed by atoms with E-state index in [4.69, 9.17) is 11.6 Å². The van der Waals surface area contributed by atoms with Gasteiger partial charge < -0.3 is 0 Å². The van der Waals surface area contributed by atoms with Gasteiger partial charge in [-0.2, -0.15) is 0 Å². The lowest BCUT2D eigenvalue weighted by atomic mass is 9.96. The highest BCUT2D eigenvalue weighted by Gasteiger charge is 2.08. The topological polar surface area (TPSA) is 17.1 Å². The van der Waals surface area contributed by atoms with Crippen LogP contribution in [0.3, 0.4) is 0 Å². The Bertz CT molecular complexity index is 578. The SMILES string of the molecule is Cc1cc(F)ccc1-c1ccc(Cl)cc1C=O. The summed E-state index contributed by atoms with van der Waals surface area (Å²) >= 11 is 5.83. The molecule has 86 valence electrons. The van der Waals surface area contributed by atoms with Crippen LogP contribution in [0.4, 0.5) is 4.39 Å². The van der Waals surface area contributed by atoms with Gasteiger partial charge in [-0.3, -0.25) is 4.79 Å². The minimum absolute atomic E-state index is 0.284. The van der Waals surface area contributed by atoms with Gasteiger partial charge in [-0.25, -0.2) is 4.39 Å². The van der Waals surface area contributed by atoms with Crippen molar-refractivity contribution in [3.8, 4) is 11.1 Å². The van der Waals surface area contributed by atoms with Crippen molar-refractivity contribution in [2.45, 2.75) is 6.92 Å². The predicted molar refractivity (Wildman–Crippen MR) is 67.0 cm³/mol. The third kappa shape index (κ3) is 2.37. The van der Waals surface area contributed by atoms with E-state index in [0.29, 0.717) is 10.6 Å². The Morgan fingerprint density at radius 2 is 1.82 bits per heavy atom. The zero-order valence-corrected chi connectivity index (χ0v) is 9.96. The van der Waals surface area contributed by atoms with E-state index in [0.717, 1.165) is 23.0 Å². The quantitative estimate of drug-likeness (QED) is 0.726. The van der Waals surface area contributed by atoms with E-state index in [2.05, 4.69) is 0 Å². The molecule has 1 nitrogen and oxygen atoms in total. The van der Waals surface area contributed by atoms with E-state index < -0.39 is 0 Å². The number of hydrogen-bond acceptors (Lipinski definition) is 1. The largest absolute Gasteiger partial charge is 0.298 e. The minimum Gasteiger partial charge on any atom is -0.298 e. The molecule has 0 N–H and O–H groups in total. The molecule has 3 heteroatoms. The molecule has 0 radical (unpaired) electrons. The van der Waals surface area contributed by atoms with Gasteiger partial charge in [0.2, 0.25) is 0 Å². The molecule has 0 atom stereocenters. The highest BCUT2D eigenvalue weighted by Crippen LogP contribution is 2.28. The third-order valence-corrected chi connectivity index (χ3v) is 2.85. The van der Waals surface area contributed by atoms with Crippen molar-refractivity contribution in [1.82, 2.24) is 0 Å². The van der Waals surface area contributed by atoms with Crippen molar-refractivity contribution in [3.05, 3.63) is 58.4 Å². The van der Waals surface area contributed by atoms with E-state index >= 15 is 0 Å². The Morgan fingerprint density at radius 1 is 1.12 bits per heavy atom. The summed E-state index contributed by atoms with van der Waals surface area (Å²) in [6, 6.07) is 9.58. The molecule has 0 aromatic heterocycles. The van der Waals surface area contributed by atoms with Gasteiger partial charge in [0.25, 0.3) is 0 Å². The molecule has 0 aliphatic carbocycles. The molecule has 0 saturated heterocycles. The number of carbonyl (C=O) groups excluding carboxylic acids is 1. The van der Waals surface area contributed by atoms with Crippen LogP contribution < -0.4 is 0 Å². The molecule has 0 aliphatic heterocycles. The maximum absolute atomic E-state index is 13.0. The van der Waals surface area contributed by atoms with Crippen molar-refractivity contribution in [3.63, 3.8) is 0 Å². The molecule has 0 spiro atoms. The second-order valence-corrected chi connectivity index (χ2v) is 4.25. The van der Waals surface area contributed by atoms with Crippen LogP contribution >= 0.6 is 11.6 Å². The average molecular weight is 249 g/mol. The van der Waals surface area contributed by atoms with Gasteiger partial charge in [0.05, 0.1) is 0 Å². The Morgan fingerprint density at radius 3 is 2.47 bits per heavy atom. The van der Waals surface area contributed by atoms with E-state index in [1.54, 1.807) is 24.3 Å². The van der Waals surface area contributed by atoms with Crippen LogP contribution in [0.15, 0.2) is 36.4 Å². The van der Waals surface area contributed by atoms with Crippen molar-refractivity contribution in [1.29, 1.82) is 0 Å². The second kappa shape index (κ2) is 4.68. The van der Waals surface area contributed by atoms with Crippen LogP contribution in [-0.2, 0) is 0 Å². The summed E-state index contributed by atoms with van der Waals surface area (Å²) in [5, 5.41) is 0.510. The Kier molecular flexibility index (Phi) is 3.25. The standard InChI is InChI=1S/C14H10ClFO/c1-9-6-12(16)3-5-13(9)14-4-2-11(15)7-10(14)8-17/h2-8H,1H3. The van der Waals surface area contributed by atoms with E-state index in [-0.39, 0.29) is 5.82 Å². The van der Waals surface area contributed by atoms with E-state index in [1.165, 1.54) is 12.1 Å². The number of aryl methyl sites for hydroxylation is 1. The zero-order chi connectivity index (χ0) is 12.4. The molecule has 17 heavy (non-hydrogen) atoms. The lowest BCUT2D eigenvalue weighted by molar-refractivity contribution is 0.112. The molecule has 2 aromatic rings. The van der Waals surface area contributed by atoms with Gasteiger partial charge in [-0.1, -0.05) is 23.7 Å². The first-order valence-electron chi connectivity index (χ1n) is 5.13. The van der Waals surface area contributed by atoms with Crippen LogP contribution in [0.5, 0.6) is 0 Å². The van der Waals surface area contributed by atoms with Crippen LogP contribution in [0.1, 0.15) is 15.9 Å². The van der Waals surface area contributed by atoms with Gasteiger partial charge in [-0.15, -0.1) is 0 Å². The summed E-state index contributed by atoms with van der Waals surface area (Å²) in [5.41, 5.74) is 2.90. The number of rotatable bonds is 2. The van der Waals surface area contributed by atoms with Gasteiger partial charge >= 0.3 is 0 Å². The van der Waals surface area contributed by atoms with Crippen LogP contribution in [-0.4, -0.2) is 6.29 Å². The molecule has 0 heterocycles. The Labute approximate surface area is 104 Å². The summed E-state index contributed by atoms with van der Waals surface area (Å²) in [6.07, 6.45) is 0.754. The predicted octanol–water partition coefficient (Wildman–Crippen LogP) is 4.27. The monoisotopic (exact) mass is 248 g/mol. The fourth-order valence-electron chi connectivity index (χ4n) is 1.81. The lowest BCUT2D eigenvalue weighted by Crippen LogP contribution is -1.91. The summed E-state index contributed by atoms with van der Waals surface area (Å²) < 4.78 is 13.0. The normalized spacial score (nSPS) is 10.3. The molecule has 0 fully saturated rings. The number of aldehydes is 1. The minimum atomic E-state index is -0.284. The van der Waals surface area contributed by atoms with Crippen molar-refractivity contribution in [2.24, 2.45) is 0 Å². The van der Waals surface area contributed by atoms with E-state index in [1.807, 2.05) is 6.92 Å². The van der Waals surface area contributed by atoms with Gasteiger partial charge in [0.1, 0.15) is 5.82 Å². The first-order valence-corrected chi connectivity index (χ1v) is 5.51. The molecule has 0 aliphatic rings. The summed E-state index contributed by atoms with van der Waals surface area (Å²) in [6.45, 7) is 1.81.